The van der Waals surface area contributed by atoms with Crippen LogP contribution in [0.5, 0.6) is 0 Å². The average molecular weight is 206 g/mol. The third kappa shape index (κ3) is 2.56. The Kier molecular flexibility index (Phi) is 2.67. The van der Waals surface area contributed by atoms with Gasteiger partial charge in [-0.05, 0) is 18.2 Å². The van der Waals surface area contributed by atoms with Crippen LogP contribution in [0.4, 0.5) is 10.1 Å². The lowest BCUT2D eigenvalue weighted by atomic mass is 10.2. The molecule has 0 aromatic heterocycles. The van der Waals surface area contributed by atoms with Crippen LogP contribution in [-0.4, -0.2) is 12.5 Å². The maximum absolute atomic E-state index is 12.9. The molecule has 1 amide bonds. The molecule has 0 bridgehead atoms. The second-order valence-corrected chi connectivity index (χ2v) is 3.35. The molecule has 1 aliphatic rings. The number of halogens is 1. The zero-order valence-corrected chi connectivity index (χ0v) is 8.09. The molecule has 3 nitrogen and oxygen atoms in total. The van der Waals surface area contributed by atoms with E-state index in [1.165, 1.54) is 18.2 Å². The molecule has 1 heterocycles. The van der Waals surface area contributed by atoms with Gasteiger partial charge in [0.05, 0.1) is 0 Å². The normalized spacial score (nSPS) is 15.5. The number of rotatable bonds is 2. The molecule has 1 aromatic rings. The summed E-state index contributed by atoms with van der Waals surface area (Å²) >= 11 is 0. The van der Waals surface area contributed by atoms with Crippen molar-refractivity contribution in [3.63, 3.8) is 0 Å². The van der Waals surface area contributed by atoms with Gasteiger partial charge in [-0.15, -0.1) is 0 Å². The maximum atomic E-state index is 12.9. The minimum absolute atomic E-state index is 0.111. The summed E-state index contributed by atoms with van der Waals surface area (Å²) in [4.78, 5) is 11.0. The van der Waals surface area contributed by atoms with E-state index < -0.39 is 0 Å². The number of hydrogen-bond acceptors (Lipinski definition) is 2. The summed E-state index contributed by atoms with van der Waals surface area (Å²) in [5, 5.41) is 5.69. The van der Waals surface area contributed by atoms with Gasteiger partial charge in [-0.2, -0.15) is 0 Å². The molecule has 1 aliphatic heterocycles. The quantitative estimate of drug-likeness (QED) is 0.772. The first-order valence-corrected chi connectivity index (χ1v) is 4.75. The van der Waals surface area contributed by atoms with Gasteiger partial charge in [0.25, 0.3) is 0 Å². The Morgan fingerprint density at radius 3 is 3.00 bits per heavy atom. The smallest absolute Gasteiger partial charge is 0.245 e. The van der Waals surface area contributed by atoms with Crippen LogP contribution < -0.4 is 10.6 Å². The van der Waals surface area contributed by atoms with E-state index in [-0.39, 0.29) is 11.7 Å². The number of carbonyl (C=O) groups is 1. The zero-order chi connectivity index (χ0) is 10.7. The number of benzene rings is 1. The molecule has 1 aromatic carbocycles. The van der Waals surface area contributed by atoms with E-state index >= 15 is 0 Å². The first-order valence-electron chi connectivity index (χ1n) is 4.75. The summed E-state index contributed by atoms with van der Waals surface area (Å²) in [7, 11) is 0. The van der Waals surface area contributed by atoms with E-state index in [1.807, 2.05) is 0 Å². The molecular formula is C11H11FN2O. The van der Waals surface area contributed by atoms with Gasteiger partial charge in [-0.3, -0.25) is 4.79 Å². The van der Waals surface area contributed by atoms with Crippen LogP contribution in [0.1, 0.15) is 6.42 Å². The van der Waals surface area contributed by atoms with Crippen LogP contribution in [0, 0.1) is 5.82 Å². The molecule has 0 fully saturated rings. The highest BCUT2D eigenvalue weighted by Gasteiger charge is 2.08. The van der Waals surface area contributed by atoms with Crippen molar-refractivity contribution >= 4 is 11.6 Å². The third-order valence-electron chi connectivity index (χ3n) is 2.13. The SMILES string of the molecule is O=C1C=C(Nc2cccc(F)c2)CCN1. The largest absolute Gasteiger partial charge is 0.359 e. The molecule has 0 aliphatic carbocycles. The van der Waals surface area contributed by atoms with Crippen molar-refractivity contribution in [3.8, 4) is 0 Å². The van der Waals surface area contributed by atoms with Crippen LogP contribution in [-0.2, 0) is 4.79 Å². The van der Waals surface area contributed by atoms with Crippen LogP contribution in [0.25, 0.3) is 0 Å². The number of nitrogens with one attached hydrogen (secondary N) is 2. The molecule has 4 heteroatoms. The minimum atomic E-state index is -0.291. The lowest BCUT2D eigenvalue weighted by Crippen LogP contribution is -2.28. The van der Waals surface area contributed by atoms with Crippen LogP contribution in [0.15, 0.2) is 36.0 Å². The van der Waals surface area contributed by atoms with E-state index in [0.717, 1.165) is 12.1 Å². The Labute approximate surface area is 87.0 Å². The fourth-order valence-electron chi connectivity index (χ4n) is 1.45. The highest BCUT2D eigenvalue weighted by Crippen LogP contribution is 2.14. The summed E-state index contributed by atoms with van der Waals surface area (Å²) < 4.78 is 12.9. The predicted molar refractivity (Wildman–Crippen MR) is 55.7 cm³/mol. The molecule has 15 heavy (non-hydrogen) atoms. The third-order valence-corrected chi connectivity index (χ3v) is 2.13. The van der Waals surface area contributed by atoms with Crippen molar-refractivity contribution in [3.05, 3.63) is 41.9 Å². The Bertz CT molecular complexity index is 415. The number of carbonyl (C=O) groups excluding carboxylic acids is 1. The summed E-state index contributed by atoms with van der Waals surface area (Å²) in [6.07, 6.45) is 2.23. The molecule has 0 atom stereocenters. The molecule has 78 valence electrons. The van der Waals surface area contributed by atoms with Crippen LogP contribution in [0.3, 0.4) is 0 Å². The van der Waals surface area contributed by atoms with Gasteiger partial charge in [0.15, 0.2) is 0 Å². The Morgan fingerprint density at radius 2 is 2.27 bits per heavy atom. The summed E-state index contributed by atoms with van der Waals surface area (Å²) in [6, 6.07) is 6.16. The van der Waals surface area contributed by atoms with E-state index in [2.05, 4.69) is 10.6 Å². The molecule has 2 N–H and O–H groups in total. The van der Waals surface area contributed by atoms with Gasteiger partial charge in [0.1, 0.15) is 5.82 Å². The van der Waals surface area contributed by atoms with Crippen LogP contribution >= 0.6 is 0 Å². The highest BCUT2D eigenvalue weighted by atomic mass is 19.1. The van der Waals surface area contributed by atoms with Gasteiger partial charge >= 0.3 is 0 Å². The number of anilines is 1. The van der Waals surface area contributed by atoms with Crippen molar-refractivity contribution in [1.29, 1.82) is 0 Å². The predicted octanol–water partition coefficient (Wildman–Crippen LogP) is 1.64. The molecule has 0 saturated heterocycles. The van der Waals surface area contributed by atoms with E-state index in [9.17, 15) is 9.18 Å². The second-order valence-electron chi connectivity index (χ2n) is 3.35. The van der Waals surface area contributed by atoms with Gasteiger partial charge < -0.3 is 10.6 Å². The first-order chi connectivity index (χ1) is 7.24. The van der Waals surface area contributed by atoms with Gasteiger partial charge in [0, 0.05) is 30.4 Å². The lowest BCUT2D eigenvalue weighted by molar-refractivity contribution is -0.116. The van der Waals surface area contributed by atoms with E-state index in [4.69, 9.17) is 0 Å². The van der Waals surface area contributed by atoms with E-state index in [1.54, 1.807) is 12.1 Å². The van der Waals surface area contributed by atoms with Gasteiger partial charge in [-0.1, -0.05) is 6.07 Å². The topological polar surface area (TPSA) is 41.1 Å². The van der Waals surface area contributed by atoms with Crippen molar-refractivity contribution in [2.24, 2.45) is 0 Å². The Balaban J connectivity index is 2.11. The monoisotopic (exact) mass is 206 g/mol. The van der Waals surface area contributed by atoms with Gasteiger partial charge in [0.2, 0.25) is 5.91 Å². The van der Waals surface area contributed by atoms with E-state index in [0.29, 0.717) is 12.2 Å². The second kappa shape index (κ2) is 4.13. The Hall–Kier alpha value is -1.84. The molecular weight excluding hydrogens is 195 g/mol. The Morgan fingerprint density at radius 1 is 1.40 bits per heavy atom. The van der Waals surface area contributed by atoms with Crippen molar-refractivity contribution in [2.45, 2.75) is 6.42 Å². The highest BCUT2D eigenvalue weighted by molar-refractivity contribution is 5.89. The summed E-state index contributed by atoms with van der Waals surface area (Å²) in [6.45, 7) is 0.618. The maximum Gasteiger partial charge on any atom is 0.245 e. The molecule has 0 saturated carbocycles. The van der Waals surface area contributed by atoms with Crippen molar-refractivity contribution < 1.29 is 9.18 Å². The summed E-state index contributed by atoms with van der Waals surface area (Å²) in [5.41, 5.74) is 1.47. The number of amides is 1. The fraction of sp³-hybridized carbons (Fsp3) is 0.182. The fourth-order valence-corrected chi connectivity index (χ4v) is 1.45. The minimum Gasteiger partial charge on any atom is -0.359 e. The average Bonchev–Trinajstić information content (AvgIpc) is 2.17. The molecule has 0 unspecified atom stereocenters. The van der Waals surface area contributed by atoms with Crippen molar-refractivity contribution in [2.75, 3.05) is 11.9 Å². The first kappa shape index (κ1) is 9.71. The lowest BCUT2D eigenvalue weighted by Gasteiger charge is -2.15. The van der Waals surface area contributed by atoms with Crippen LogP contribution in [0.2, 0.25) is 0 Å². The molecule has 0 radical (unpaired) electrons. The summed E-state index contributed by atoms with van der Waals surface area (Å²) in [5.74, 6) is -0.402. The number of hydrogen-bond donors (Lipinski definition) is 2. The molecule has 0 spiro atoms. The zero-order valence-electron chi connectivity index (χ0n) is 8.09. The standard InChI is InChI=1S/C11H11FN2O/c12-8-2-1-3-9(6-8)14-10-4-5-13-11(15)7-10/h1-3,6-7,14H,4-5H2,(H,13,15). The van der Waals surface area contributed by atoms with Crippen molar-refractivity contribution in [1.82, 2.24) is 5.32 Å². The molecule has 2 rings (SSSR count). The van der Waals surface area contributed by atoms with Gasteiger partial charge in [-0.25, -0.2) is 4.39 Å².